The number of nitrogens with zero attached hydrogens (tertiary/aromatic N) is 1. The molecule has 0 aliphatic carbocycles. The van der Waals surface area contributed by atoms with Crippen molar-refractivity contribution < 1.29 is 37.0 Å². The van der Waals surface area contributed by atoms with Gasteiger partial charge in [-0.1, -0.05) is 48.5 Å². The SMILES string of the molecule is COc1ccccc1O[P+]1(Oc2ccccc2OC)N=P(N)(N)N[P+](Oc2ccccc2OC)(Oc2ccccc2OC)N1. The quantitative estimate of drug-likeness (QED) is 0.118. The Hall–Kier alpha value is -3.79. The Morgan fingerprint density at radius 3 is 1.11 bits per heavy atom. The van der Waals surface area contributed by atoms with Crippen LogP contribution in [0, 0.1) is 0 Å². The van der Waals surface area contributed by atoms with Crippen LogP contribution in [0.4, 0.5) is 0 Å². The van der Waals surface area contributed by atoms with Crippen LogP contribution < -0.4 is 57.8 Å². The predicted molar refractivity (Wildman–Crippen MR) is 172 cm³/mol. The van der Waals surface area contributed by atoms with E-state index < -0.39 is 23.5 Å². The number of hydrogen-bond acceptors (Lipinski definition) is 13. The molecule has 16 heteroatoms. The van der Waals surface area contributed by atoms with Gasteiger partial charge in [-0.3, -0.25) is 29.1 Å². The average molecular weight is 662 g/mol. The standard InChI is InChI=1S/C28H34N5O8P3/c1-34-21-13-5-9-17-25(21)38-43(39-26-18-10-6-14-22(26)35-2)31-42(29,30)32-44(33-43,40-27-19-11-7-15-23(27)36-3)41-28-20-12-8-16-24(28)37-4/h5-20,31,33H,29-30H2,1-4H3/q+2. The van der Waals surface area contributed by atoms with Crippen LogP contribution in [0.1, 0.15) is 0 Å². The summed E-state index contributed by atoms with van der Waals surface area (Å²) in [5.41, 5.74) is 13.4. The fourth-order valence-corrected chi connectivity index (χ4v) is 13.4. The van der Waals surface area contributed by atoms with Crippen LogP contribution in [-0.2, 0) is 0 Å². The second-order valence-corrected chi connectivity index (χ2v) is 15.7. The van der Waals surface area contributed by atoms with Crippen LogP contribution in [0.3, 0.4) is 0 Å². The summed E-state index contributed by atoms with van der Waals surface area (Å²) in [6.07, 6.45) is 0. The average Bonchev–Trinajstić information content (AvgIpc) is 3.01. The smallest absolute Gasteiger partial charge is 0.493 e. The van der Waals surface area contributed by atoms with Gasteiger partial charge in [0.1, 0.15) is 4.86 Å². The van der Waals surface area contributed by atoms with Crippen LogP contribution in [-0.4, -0.2) is 28.4 Å². The van der Waals surface area contributed by atoms with Crippen molar-refractivity contribution in [3.63, 3.8) is 0 Å². The van der Waals surface area contributed by atoms with Gasteiger partial charge in [0.25, 0.3) is 0 Å². The third kappa shape index (κ3) is 7.12. The van der Waals surface area contributed by atoms with E-state index in [0.717, 1.165) is 0 Å². The fraction of sp³-hybridized carbons (Fsp3) is 0.143. The first-order valence-corrected chi connectivity index (χ1v) is 18.2. The van der Waals surface area contributed by atoms with Crippen molar-refractivity contribution in [3.05, 3.63) is 97.1 Å². The van der Waals surface area contributed by atoms with E-state index in [4.69, 9.17) is 52.6 Å². The van der Waals surface area contributed by atoms with E-state index in [1.807, 2.05) is 12.1 Å². The molecule has 1 heterocycles. The van der Waals surface area contributed by atoms with Crippen LogP contribution >= 0.6 is 23.5 Å². The maximum atomic E-state index is 6.71. The van der Waals surface area contributed by atoms with Crippen molar-refractivity contribution in [2.24, 2.45) is 15.5 Å². The van der Waals surface area contributed by atoms with E-state index in [1.54, 1.807) is 84.9 Å². The molecule has 0 spiro atoms. The van der Waals surface area contributed by atoms with Crippen LogP contribution in [0.15, 0.2) is 102 Å². The van der Waals surface area contributed by atoms with E-state index in [0.29, 0.717) is 46.0 Å². The molecular weight excluding hydrogens is 627 g/mol. The van der Waals surface area contributed by atoms with E-state index in [2.05, 4.69) is 9.72 Å². The Labute approximate surface area is 257 Å². The molecule has 232 valence electrons. The third-order valence-corrected chi connectivity index (χ3v) is 14.3. The van der Waals surface area contributed by atoms with Gasteiger partial charge in [0.15, 0.2) is 23.0 Å². The van der Waals surface area contributed by atoms with Crippen molar-refractivity contribution in [2.45, 2.75) is 0 Å². The molecule has 13 nitrogen and oxygen atoms in total. The Morgan fingerprint density at radius 1 is 0.500 bits per heavy atom. The largest absolute Gasteiger partial charge is 0.613 e. The molecule has 0 aromatic heterocycles. The first-order valence-electron chi connectivity index (χ1n) is 13.1. The van der Waals surface area contributed by atoms with Gasteiger partial charge in [-0.15, -0.1) is 0 Å². The van der Waals surface area contributed by atoms with Crippen LogP contribution in [0.25, 0.3) is 0 Å². The molecule has 0 saturated carbocycles. The molecule has 0 unspecified atom stereocenters. The Balaban J connectivity index is 1.72. The maximum absolute atomic E-state index is 6.71. The number of para-hydroxylation sites is 8. The third-order valence-electron chi connectivity index (χ3n) is 5.99. The van der Waals surface area contributed by atoms with Gasteiger partial charge in [-0.05, 0) is 57.9 Å². The number of nitrogens with one attached hydrogen (secondary N) is 2. The lowest BCUT2D eigenvalue weighted by molar-refractivity contribution is 0.357. The molecule has 4 aromatic carbocycles. The second kappa shape index (κ2) is 13.5. The zero-order valence-corrected chi connectivity index (χ0v) is 27.1. The molecule has 0 radical (unpaired) electrons. The molecule has 1 aliphatic heterocycles. The van der Waals surface area contributed by atoms with Crippen LogP contribution in [0.5, 0.6) is 46.0 Å². The lowest BCUT2D eigenvalue weighted by Gasteiger charge is -2.32. The van der Waals surface area contributed by atoms with Gasteiger partial charge in [0.2, 0.25) is 30.5 Å². The summed E-state index contributed by atoms with van der Waals surface area (Å²) in [5.74, 6) is 2.97. The lowest BCUT2D eigenvalue weighted by Crippen LogP contribution is -2.42. The minimum Gasteiger partial charge on any atom is -0.493 e. The molecule has 0 saturated heterocycles. The highest BCUT2D eigenvalue weighted by atomic mass is 31.3. The highest BCUT2D eigenvalue weighted by Crippen LogP contribution is 2.77. The molecule has 0 fully saturated rings. The van der Waals surface area contributed by atoms with Gasteiger partial charge in [-0.2, -0.15) is 0 Å². The zero-order chi connectivity index (χ0) is 31.2. The molecule has 44 heavy (non-hydrogen) atoms. The highest BCUT2D eigenvalue weighted by Gasteiger charge is 2.72. The van der Waals surface area contributed by atoms with E-state index in [9.17, 15) is 0 Å². The fourth-order valence-electron chi connectivity index (χ4n) is 4.15. The number of hydrogen-bond donors (Lipinski definition) is 4. The summed E-state index contributed by atoms with van der Waals surface area (Å²) in [5, 5.41) is 0. The van der Waals surface area contributed by atoms with E-state index >= 15 is 0 Å². The highest BCUT2D eigenvalue weighted by molar-refractivity contribution is 7.90. The van der Waals surface area contributed by atoms with Crippen molar-refractivity contribution in [1.82, 2.24) is 9.72 Å². The zero-order valence-electron chi connectivity index (χ0n) is 24.4. The van der Waals surface area contributed by atoms with Gasteiger partial charge >= 0.3 is 16.0 Å². The van der Waals surface area contributed by atoms with Crippen molar-refractivity contribution in [1.29, 1.82) is 0 Å². The van der Waals surface area contributed by atoms with E-state index in [-0.39, 0.29) is 0 Å². The summed E-state index contributed by atoms with van der Waals surface area (Å²) in [7, 11) is -4.89. The number of ether oxygens (including phenoxy) is 4. The summed E-state index contributed by atoms with van der Waals surface area (Å²) in [6, 6.07) is 28.2. The first kappa shape index (κ1) is 31.6. The van der Waals surface area contributed by atoms with Crippen LogP contribution in [0.2, 0.25) is 0 Å². The summed E-state index contributed by atoms with van der Waals surface area (Å²) >= 11 is 0. The van der Waals surface area contributed by atoms with Gasteiger partial charge in [0, 0.05) is 0 Å². The Morgan fingerprint density at radius 2 is 0.795 bits per heavy atom. The minimum absolute atomic E-state index is 0.309. The second-order valence-electron chi connectivity index (χ2n) is 9.07. The normalized spacial score (nSPS) is 16.0. The molecule has 0 amide bonds. The van der Waals surface area contributed by atoms with E-state index in [1.165, 1.54) is 28.4 Å². The van der Waals surface area contributed by atoms with Crippen molar-refractivity contribution >= 4 is 23.5 Å². The predicted octanol–water partition coefficient (Wildman–Crippen LogP) is 6.75. The maximum Gasteiger partial charge on any atom is 0.613 e. The molecule has 6 N–H and O–H groups in total. The Bertz CT molecular complexity index is 1560. The van der Waals surface area contributed by atoms with Crippen molar-refractivity contribution in [2.75, 3.05) is 28.4 Å². The number of methoxy groups -OCH3 is 4. The molecule has 5 rings (SSSR count). The monoisotopic (exact) mass is 661 g/mol. The number of rotatable bonds is 12. The molecule has 0 bridgehead atoms. The first-order chi connectivity index (χ1) is 21.2. The molecular formula is C28H34N5O8P3+2. The topological polar surface area (TPSA) is 162 Å². The number of benzene rings is 4. The Kier molecular flexibility index (Phi) is 9.68. The number of nitrogens with two attached hydrogens (primary N) is 2. The van der Waals surface area contributed by atoms with Gasteiger partial charge in [-0.25, -0.2) is 0 Å². The lowest BCUT2D eigenvalue weighted by atomic mass is 10.3. The summed E-state index contributed by atoms with van der Waals surface area (Å²) in [4.78, 5) is 6.48. The van der Waals surface area contributed by atoms with Crippen molar-refractivity contribution in [3.8, 4) is 46.0 Å². The molecule has 0 atom stereocenters. The molecule has 4 aromatic rings. The minimum atomic E-state index is -3.81. The van der Waals surface area contributed by atoms with Gasteiger partial charge < -0.3 is 18.9 Å². The summed E-state index contributed by atoms with van der Waals surface area (Å²) < 4.78 is 53.6. The molecule has 1 aliphatic rings. The van der Waals surface area contributed by atoms with Gasteiger partial charge in [0.05, 0.1) is 28.4 Å². The summed E-state index contributed by atoms with van der Waals surface area (Å²) in [6.45, 7) is 0.